The molecule has 0 unspecified atom stereocenters. The molecule has 0 saturated heterocycles. The van der Waals surface area contributed by atoms with Gasteiger partial charge in [0.15, 0.2) is 0 Å². The largest absolute Gasteiger partial charge is 0.320 e. The SMILES string of the molecule is Cc1c(F)cccc1[C@@H](N)c1ccsc1.Cl. The average Bonchev–Trinajstić information content (AvgIpc) is 2.74. The molecule has 0 amide bonds. The fraction of sp³-hybridized carbons (Fsp3) is 0.167. The third-order valence-corrected chi connectivity index (χ3v) is 3.25. The minimum Gasteiger partial charge on any atom is -0.320 e. The molecule has 0 aliphatic carbocycles. The van der Waals surface area contributed by atoms with Crippen LogP contribution in [0.3, 0.4) is 0 Å². The average molecular weight is 258 g/mol. The third kappa shape index (κ3) is 2.43. The van der Waals surface area contributed by atoms with Crippen LogP contribution in [0.2, 0.25) is 0 Å². The molecule has 0 spiro atoms. The maximum Gasteiger partial charge on any atom is 0.126 e. The summed E-state index contributed by atoms with van der Waals surface area (Å²) in [4.78, 5) is 0. The number of hydrogen-bond acceptors (Lipinski definition) is 2. The molecule has 2 rings (SSSR count). The van der Waals surface area contributed by atoms with Crippen molar-refractivity contribution in [1.82, 2.24) is 0 Å². The van der Waals surface area contributed by atoms with E-state index in [0.29, 0.717) is 5.56 Å². The van der Waals surface area contributed by atoms with Gasteiger partial charge in [-0.05, 0) is 46.5 Å². The first-order valence-corrected chi connectivity index (χ1v) is 5.67. The van der Waals surface area contributed by atoms with Crippen LogP contribution in [0, 0.1) is 12.7 Å². The quantitative estimate of drug-likeness (QED) is 0.873. The molecule has 0 aliphatic rings. The van der Waals surface area contributed by atoms with Crippen molar-refractivity contribution in [3.63, 3.8) is 0 Å². The second-order valence-corrected chi connectivity index (χ2v) is 4.27. The van der Waals surface area contributed by atoms with Gasteiger partial charge in [-0.2, -0.15) is 11.3 Å². The Morgan fingerprint density at radius 2 is 2.06 bits per heavy atom. The highest BCUT2D eigenvalue weighted by atomic mass is 35.5. The molecule has 0 radical (unpaired) electrons. The monoisotopic (exact) mass is 257 g/mol. The fourth-order valence-corrected chi connectivity index (χ4v) is 2.29. The predicted molar refractivity (Wildman–Crippen MR) is 68.7 cm³/mol. The van der Waals surface area contributed by atoms with Crippen molar-refractivity contribution < 1.29 is 4.39 Å². The summed E-state index contributed by atoms with van der Waals surface area (Å²) in [6.45, 7) is 1.76. The summed E-state index contributed by atoms with van der Waals surface area (Å²) in [5, 5.41) is 3.97. The lowest BCUT2D eigenvalue weighted by Crippen LogP contribution is -2.12. The molecule has 1 aromatic heterocycles. The van der Waals surface area contributed by atoms with Gasteiger partial charge in [0, 0.05) is 0 Å². The lowest BCUT2D eigenvalue weighted by molar-refractivity contribution is 0.613. The first-order chi connectivity index (χ1) is 7.20. The Morgan fingerprint density at radius 1 is 1.31 bits per heavy atom. The molecule has 0 saturated carbocycles. The van der Waals surface area contributed by atoms with E-state index < -0.39 is 0 Å². The van der Waals surface area contributed by atoms with Crippen LogP contribution in [0.5, 0.6) is 0 Å². The van der Waals surface area contributed by atoms with Gasteiger partial charge in [0.25, 0.3) is 0 Å². The molecule has 1 atom stereocenters. The zero-order chi connectivity index (χ0) is 10.8. The Morgan fingerprint density at radius 3 is 2.69 bits per heavy atom. The van der Waals surface area contributed by atoms with Gasteiger partial charge in [-0.25, -0.2) is 4.39 Å². The van der Waals surface area contributed by atoms with Gasteiger partial charge in [-0.15, -0.1) is 12.4 Å². The van der Waals surface area contributed by atoms with E-state index >= 15 is 0 Å². The molecule has 86 valence electrons. The van der Waals surface area contributed by atoms with E-state index in [0.717, 1.165) is 11.1 Å². The summed E-state index contributed by atoms with van der Waals surface area (Å²) in [5.41, 5.74) is 8.60. The van der Waals surface area contributed by atoms with Gasteiger partial charge >= 0.3 is 0 Å². The Kier molecular flexibility index (Phi) is 4.47. The van der Waals surface area contributed by atoms with Crippen molar-refractivity contribution in [2.24, 2.45) is 5.73 Å². The second-order valence-electron chi connectivity index (χ2n) is 3.49. The lowest BCUT2D eigenvalue weighted by atomic mass is 9.97. The molecule has 0 aliphatic heterocycles. The maximum atomic E-state index is 13.3. The third-order valence-electron chi connectivity index (χ3n) is 2.55. The Hall–Kier alpha value is -0.900. The summed E-state index contributed by atoms with van der Waals surface area (Å²) in [7, 11) is 0. The molecular formula is C12H13ClFNS. The van der Waals surface area contributed by atoms with Gasteiger partial charge in [0.1, 0.15) is 5.82 Å². The maximum absolute atomic E-state index is 13.3. The normalized spacial score (nSPS) is 11.9. The van der Waals surface area contributed by atoms with Gasteiger partial charge < -0.3 is 5.73 Å². The summed E-state index contributed by atoms with van der Waals surface area (Å²) in [6, 6.07) is 6.77. The Bertz CT molecular complexity index is 456. The molecule has 1 heterocycles. The number of benzene rings is 1. The molecule has 2 aromatic rings. The van der Waals surface area contributed by atoms with Gasteiger partial charge in [0.2, 0.25) is 0 Å². The molecular weight excluding hydrogens is 245 g/mol. The van der Waals surface area contributed by atoms with Crippen molar-refractivity contribution in [3.8, 4) is 0 Å². The summed E-state index contributed by atoms with van der Waals surface area (Å²) >= 11 is 1.60. The van der Waals surface area contributed by atoms with Crippen molar-refractivity contribution >= 4 is 23.7 Å². The first kappa shape index (κ1) is 13.2. The van der Waals surface area contributed by atoms with Gasteiger partial charge in [-0.1, -0.05) is 12.1 Å². The molecule has 1 nitrogen and oxygen atoms in total. The molecule has 1 aromatic carbocycles. The van der Waals surface area contributed by atoms with E-state index in [4.69, 9.17) is 5.73 Å². The minimum atomic E-state index is -0.230. The fourth-order valence-electron chi connectivity index (χ4n) is 1.59. The smallest absolute Gasteiger partial charge is 0.126 e. The lowest BCUT2D eigenvalue weighted by Gasteiger charge is -2.13. The van der Waals surface area contributed by atoms with E-state index in [1.54, 1.807) is 24.3 Å². The highest BCUT2D eigenvalue weighted by Crippen LogP contribution is 2.25. The van der Waals surface area contributed by atoms with E-state index in [-0.39, 0.29) is 24.3 Å². The van der Waals surface area contributed by atoms with Crippen LogP contribution in [0.1, 0.15) is 22.7 Å². The van der Waals surface area contributed by atoms with Crippen LogP contribution >= 0.6 is 23.7 Å². The molecule has 2 N–H and O–H groups in total. The second kappa shape index (κ2) is 5.43. The minimum absolute atomic E-state index is 0. The standard InChI is InChI=1S/C12H12FNS.ClH/c1-8-10(3-2-4-11(8)13)12(14)9-5-6-15-7-9;/h2-7,12H,14H2,1H3;1H/t12-;/m0./s1. The number of hydrogen-bond donors (Lipinski definition) is 1. The van der Waals surface area contributed by atoms with E-state index in [9.17, 15) is 4.39 Å². The highest BCUT2D eigenvalue weighted by Gasteiger charge is 2.13. The van der Waals surface area contributed by atoms with Crippen LogP contribution in [0.25, 0.3) is 0 Å². The Balaban J connectivity index is 0.00000128. The topological polar surface area (TPSA) is 26.0 Å². The molecule has 16 heavy (non-hydrogen) atoms. The van der Waals surface area contributed by atoms with Crippen LogP contribution in [-0.4, -0.2) is 0 Å². The number of thiophene rings is 1. The van der Waals surface area contributed by atoms with Gasteiger partial charge in [0.05, 0.1) is 6.04 Å². The number of nitrogens with two attached hydrogens (primary N) is 1. The van der Waals surface area contributed by atoms with Crippen molar-refractivity contribution in [1.29, 1.82) is 0 Å². The zero-order valence-corrected chi connectivity index (χ0v) is 10.4. The predicted octanol–water partition coefficient (Wildman–Crippen LogP) is 3.67. The molecule has 0 bridgehead atoms. The van der Waals surface area contributed by atoms with E-state index in [2.05, 4.69) is 0 Å². The van der Waals surface area contributed by atoms with Crippen LogP contribution in [0.15, 0.2) is 35.0 Å². The van der Waals surface area contributed by atoms with Crippen molar-refractivity contribution in [2.45, 2.75) is 13.0 Å². The van der Waals surface area contributed by atoms with Crippen LogP contribution < -0.4 is 5.73 Å². The van der Waals surface area contributed by atoms with E-state index in [1.807, 2.05) is 22.9 Å². The Labute approximate surface area is 105 Å². The molecule has 4 heteroatoms. The number of halogens is 2. The van der Waals surface area contributed by atoms with Crippen molar-refractivity contribution in [2.75, 3.05) is 0 Å². The number of rotatable bonds is 2. The van der Waals surface area contributed by atoms with Crippen molar-refractivity contribution in [3.05, 3.63) is 57.5 Å². The first-order valence-electron chi connectivity index (χ1n) is 4.73. The zero-order valence-electron chi connectivity index (χ0n) is 8.81. The summed E-state index contributed by atoms with van der Waals surface area (Å²) in [6.07, 6.45) is 0. The van der Waals surface area contributed by atoms with E-state index in [1.165, 1.54) is 6.07 Å². The van der Waals surface area contributed by atoms with Gasteiger partial charge in [-0.3, -0.25) is 0 Å². The molecule has 0 fully saturated rings. The van der Waals surface area contributed by atoms with Crippen LogP contribution in [0.4, 0.5) is 4.39 Å². The highest BCUT2D eigenvalue weighted by molar-refractivity contribution is 7.08. The summed E-state index contributed by atoms with van der Waals surface area (Å²) < 4.78 is 13.3. The van der Waals surface area contributed by atoms with Crippen LogP contribution in [-0.2, 0) is 0 Å². The summed E-state index contributed by atoms with van der Waals surface area (Å²) in [5.74, 6) is -0.196.